The molecule has 0 fully saturated rings. The van der Waals surface area contributed by atoms with Crippen molar-refractivity contribution in [1.82, 2.24) is 9.13 Å². The standard InChI is InChI=1S/C23H23N3O5/c1-14-9-15(2)11-17(10-14)22(29)31-13-18(27)19-20(24)26(23(30)25(3)21(19)28)12-16-7-5-4-6-8-16/h4-11H,12-13,24H2,1-3H3. The van der Waals surface area contributed by atoms with Crippen molar-refractivity contribution in [2.75, 3.05) is 12.3 Å². The Hall–Kier alpha value is -3.94. The van der Waals surface area contributed by atoms with E-state index in [1.165, 1.54) is 7.05 Å². The molecule has 1 aromatic heterocycles. The van der Waals surface area contributed by atoms with Crippen molar-refractivity contribution in [3.63, 3.8) is 0 Å². The van der Waals surface area contributed by atoms with E-state index in [9.17, 15) is 19.2 Å². The van der Waals surface area contributed by atoms with Gasteiger partial charge in [0.2, 0.25) is 5.78 Å². The van der Waals surface area contributed by atoms with Gasteiger partial charge in [-0.1, -0.05) is 47.5 Å². The van der Waals surface area contributed by atoms with Crippen molar-refractivity contribution in [1.29, 1.82) is 0 Å². The van der Waals surface area contributed by atoms with Crippen LogP contribution in [0.4, 0.5) is 5.82 Å². The number of nitrogens with zero attached hydrogens (tertiary/aromatic N) is 2. The van der Waals surface area contributed by atoms with E-state index in [2.05, 4.69) is 0 Å². The summed E-state index contributed by atoms with van der Waals surface area (Å²) in [6.07, 6.45) is 0. The predicted molar refractivity (Wildman–Crippen MR) is 116 cm³/mol. The van der Waals surface area contributed by atoms with E-state index in [0.29, 0.717) is 5.56 Å². The van der Waals surface area contributed by atoms with Crippen LogP contribution >= 0.6 is 0 Å². The van der Waals surface area contributed by atoms with Crippen molar-refractivity contribution in [2.24, 2.45) is 7.05 Å². The maximum Gasteiger partial charge on any atom is 0.338 e. The summed E-state index contributed by atoms with van der Waals surface area (Å²) in [4.78, 5) is 50.2. The van der Waals surface area contributed by atoms with Crippen LogP contribution in [0.25, 0.3) is 0 Å². The van der Waals surface area contributed by atoms with Crippen LogP contribution in [0.3, 0.4) is 0 Å². The molecule has 3 rings (SSSR count). The molecule has 0 atom stereocenters. The van der Waals surface area contributed by atoms with Gasteiger partial charge < -0.3 is 10.5 Å². The summed E-state index contributed by atoms with van der Waals surface area (Å²) in [6.45, 7) is 3.10. The zero-order chi connectivity index (χ0) is 22.7. The topological polar surface area (TPSA) is 113 Å². The van der Waals surface area contributed by atoms with Gasteiger partial charge in [-0.25, -0.2) is 9.59 Å². The highest BCUT2D eigenvalue weighted by Crippen LogP contribution is 2.12. The lowest BCUT2D eigenvalue weighted by Crippen LogP contribution is -2.43. The molecule has 0 aliphatic carbocycles. The molecule has 1 heterocycles. The van der Waals surface area contributed by atoms with Crippen molar-refractivity contribution >= 4 is 17.6 Å². The first-order valence-electron chi connectivity index (χ1n) is 9.61. The number of hydrogen-bond donors (Lipinski definition) is 1. The molecule has 3 aromatic rings. The molecule has 0 radical (unpaired) electrons. The first kappa shape index (κ1) is 21.8. The second-order valence-corrected chi connectivity index (χ2v) is 7.35. The number of anilines is 1. The van der Waals surface area contributed by atoms with E-state index < -0.39 is 29.6 Å². The Balaban J connectivity index is 1.89. The molecule has 160 valence electrons. The minimum atomic E-state index is -0.834. The van der Waals surface area contributed by atoms with Crippen LogP contribution in [0, 0.1) is 13.8 Å². The quantitative estimate of drug-likeness (QED) is 0.480. The third kappa shape index (κ3) is 4.63. The fourth-order valence-electron chi connectivity index (χ4n) is 3.34. The zero-order valence-electron chi connectivity index (χ0n) is 17.5. The summed E-state index contributed by atoms with van der Waals surface area (Å²) in [6, 6.07) is 14.2. The minimum absolute atomic E-state index is 0.0856. The summed E-state index contributed by atoms with van der Waals surface area (Å²) in [5.41, 5.74) is 7.02. The van der Waals surface area contributed by atoms with Crippen LogP contribution in [0.15, 0.2) is 58.1 Å². The third-order valence-electron chi connectivity index (χ3n) is 4.84. The zero-order valence-corrected chi connectivity index (χ0v) is 17.5. The Morgan fingerprint density at radius 1 is 1.00 bits per heavy atom. The number of aromatic nitrogens is 2. The number of aryl methyl sites for hydroxylation is 2. The molecule has 0 saturated heterocycles. The average Bonchev–Trinajstić information content (AvgIpc) is 2.73. The van der Waals surface area contributed by atoms with Crippen LogP contribution in [0.2, 0.25) is 0 Å². The summed E-state index contributed by atoms with van der Waals surface area (Å²) < 4.78 is 7.08. The van der Waals surface area contributed by atoms with E-state index in [1.807, 2.05) is 26.0 Å². The molecule has 2 aromatic carbocycles. The van der Waals surface area contributed by atoms with Gasteiger partial charge >= 0.3 is 11.7 Å². The number of nitrogens with two attached hydrogens (primary N) is 1. The van der Waals surface area contributed by atoms with Gasteiger partial charge in [-0.2, -0.15) is 0 Å². The molecule has 8 nitrogen and oxygen atoms in total. The molecule has 2 N–H and O–H groups in total. The summed E-state index contributed by atoms with van der Waals surface area (Å²) in [7, 11) is 1.27. The Morgan fingerprint density at radius 2 is 1.61 bits per heavy atom. The van der Waals surface area contributed by atoms with Gasteiger partial charge in [0.1, 0.15) is 11.4 Å². The number of nitrogen functional groups attached to an aromatic ring is 1. The van der Waals surface area contributed by atoms with E-state index >= 15 is 0 Å². The number of ether oxygens (including phenoxy) is 1. The van der Waals surface area contributed by atoms with Gasteiger partial charge in [0.15, 0.2) is 6.61 Å². The number of esters is 1. The highest BCUT2D eigenvalue weighted by Gasteiger charge is 2.23. The molecular weight excluding hydrogens is 398 g/mol. The van der Waals surface area contributed by atoms with E-state index in [0.717, 1.165) is 25.8 Å². The summed E-state index contributed by atoms with van der Waals surface area (Å²) >= 11 is 0. The first-order valence-corrected chi connectivity index (χ1v) is 9.61. The number of rotatable bonds is 6. The van der Waals surface area contributed by atoms with Crippen LogP contribution in [-0.4, -0.2) is 27.5 Å². The fraction of sp³-hybridized carbons (Fsp3) is 0.217. The number of ketones is 1. The lowest BCUT2D eigenvalue weighted by Gasteiger charge is -2.15. The average molecular weight is 421 g/mol. The van der Waals surface area contributed by atoms with E-state index in [1.54, 1.807) is 36.4 Å². The van der Waals surface area contributed by atoms with Gasteiger partial charge in [-0.05, 0) is 31.5 Å². The van der Waals surface area contributed by atoms with Gasteiger partial charge in [-0.3, -0.25) is 18.7 Å². The van der Waals surface area contributed by atoms with Gasteiger partial charge in [0.05, 0.1) is 12.1 Å². The number of Topliss-reactive ketones (excluding diaryl/α,β-unsaturated/α-hetero) is 1. The molecule has 0 amide bonds. The second-order valence-electron chi connectivity index (χ2n) is 7.35. The van der Waals surface area contributed by atoms with Crippen LogP contribution < -0.4 is 17.0 Å². The Labute approximate surface area is 178 Å². The molecule has 0 unspecified atom stereocenters. The van der Waals surface area contributed by atoms with Crippen molar-refractivity contribution in [2.45, 2.75) is 20.4 Å². The monoisotopic (exact) mass is 421 g/mol. The van der Waals surface area contributed by atoms with Crippen LogP contribution in [-0.2, 0) is 18.3 Å². The SMILES string of the molecule is Cc1cc(C)cc(C(=O)OCC(=O)c2c(N)n(Cc3ccccc3)c(=O)n(C)c2=O)c1. The molecule has 31 heavy (non-hydrogen) atoms. The molecule has 0 bridgehead atoms. The molecule has 0 aliphatic heterocycles. The Morgan fingerprint density at radius 3 is 2.23 bits per heavy atom. The van der Waals surface area contributed by atoms with Crippen LogP contribution in [0.5, 0.6) is 0 Å². The molecule has 0 spiro atoms. The lowest BCUT2D eigenvalue weighted by molar-refractivity contribution is 0.0474. The molecule has 0 saturated carbocycles. The molecular formula is C23H23N3O5. The summed E-state index contributed by atoms with van der Waals surface area (Å²) in [5.74, 6) is -1.73. The van der Waals surface area contributed by atoms with Crippen molar-refractivity contribution in [3.05, 3.63) is 97.2 Å². The van der Waals surface area contributed by atoms with Crippen molar-refractivity contribution < 1.29 is 14.3 Å². The highest BCUT2D eigenvalue weighted by molar-refractivity contribution is 6.02. The summed E-state index contributed by atoms with van der Waals surface area (Å²) in [5, 5.41) is 0. The largest absolute Gasteiger partial charge is 0.454 e. The predicted octanol–water partition coefficient (Wildman–Crippen LogP) is 1.83. The lowest BCUT2D eigenvalue weighted by atomic mass is 10.1. The second kappa shape index (κ2) is 8.83. The van der Waals surface area contributed by atoms with Crippen molar-refractivity contribution in [3.8, 4) is 0 Å². The number of carbonyl (C=O) groups is 2. The number of benzene rings is 2. The molecule has 8 heteroatoms. The highest BCUT2D eigenvalue weighted by atomic mass is 16.5. The third-order valence-corrected chi connectivity index (χ3v) is 4.84. The normalized spacial score (nSPS) is 10.7. The van der Waals surface area contributed by atoms with Gasteiger partial charge in [0, 0.05) is 7.05 Å². The fourth-order valence-corrected chi connectivity index (χ4v) is 3.34. The van der Waals surface area contributed by atoms with E-state index in [4.69, 9.17) is 10.5 Å². The minimum Gasteiger partial charge on any atom is -0.454 e. The molecule has 0 aliphatic rings. The maximum atomic E-state index is 12.7. The van der Waals surface area contributed by atoms with Gasteiger partial charge in [0.25, 0.3) is 5.56 Å². The van der Waals surface area contributed by atoms with E-state index in [-0.39, 0.29) is 17.9 Å². The number of hydrogen-bond acceptors (Lipinski definition) is 6. The van der Waals surface area contributed by atoms with Gasteiger partial charge in [-0.15, -0.1) is 0 Å². The first-order chi connectivity index (χ1) is 14.7. The smallest absolute Gasteiger partial charge is 0.338 e. The maximum absolute atomic E-state index is 12.7. The Kier molecular flexibility index (Phi) is 6.20. The van der Waals surface area contributed by atoms with Crippen LogP contribution in [0.1, 0.15) is 37.4 Å². The Bertz CT molecular complexity index is 1250. The number of carbonyl (C=O) groups excluding carboxylic acids is 2.